The summed E-state index contributed by atoms with van der Waals surface area (Å²) < 4.78 is 1.76. The highest BCUT2D eigenvalue weighted by Crippen LogP contribution is 2.29. The number of hydrogen-bond acceptors (Lipinski definition) is 2. The fourth-order valence-corrected chi connectivity index (χ4v) is 3.37. The Morgan fingerprint density at radius 3 is 2.79 bits per heavy atom. The van der Waals surface area contributed by atoms with Crippen molar-refractivity contribution >= 4 is 54.7 Å². The van der Waals surface area contributed by atoms with Crippen LogP contribution >= 0.6 is 38.9 Å². The Balaban J connectivity index is 2.13. The third-order valence-electron chi connectivity index (χ3n) is 2.91. The van der Waals surface area contributed by atoms with E-state index in [0.29, 0.717) is 10.6 Å². The lowest BCUT2D eigenvalue weighted by atomic mass is 10.0. The van der Waals surface area contributed by atoms with Gasteiger partial charge in [0.25, 0.3) is 0 Å². The summed E-state index contributed by atoms with van der Waals surface area (Å²) in [6.45, 7) is 0. The van der Waals surface area contributed by atoms with Crippen LogP contribution < -0.4 is 0 Å². The first-order valence-corrected chi connectivity index (χ1v) is 7.68. The Hall–Kier alpha value is -1.16. The zero-order valence-electron chi connectivity index (χ0n) is 9.69. The highest BCUT2D eigenvalue weighted by atomic mass is 79.9. The molecule has 0 unspecified atom stereocenters. The van der Waals surface area contributed by atoms with E-state index in [1.807, 2.05) is 29.6 Å². The Kier molecular flexibility index (Phi) is 3.44. The molecule has 94 valence electrons. The van der Waals surface area contributed by atoms with Gasteiger partial charge < -0.3 is 0 Å². The maximum atomic E-state index is 12.6. The molecule has 1 nitrogen and oxygen atoms in total. The molecule has 0 aliphatic heterocycles. The van der Waals surface area contributed by atoms with Crippen LogP contribution in [0.3, 0.4) is 0 Å². The largest absolute Gasteiger partial charge is 0.289 e. The Morgan fingerprint density at radius 1 is 1.16 bits per heavy atom. The van der Waals surface area contributed by atoms with Crippen molar-refractivity contribution in [2.75, 3.05) is 0 Å². The maximum Gasteiger partial charge on any atom is 0.194 e. The van der Waals surface area contributed by atoms with Gasteiger partial charge in [-0.3, -0.25) is 4.79 Å². The van der Waals surface area contributed by atoms with Gasteiger partial charge in [-0.25, -0.2) is 0 Å². The van der Waals surface area contributed by atoms with Gasteiger partial charge in [0.1, 0.15) is 0 Å². The summed E-state index contributed by atoms with van der Waals surface area (Å²) in [5.74, 6) is 0.0189. The molecule has 0 atom stereocenters. The van der Waals surface area contributed by atoms with E-state index in [1.165, 1.54) is 0 Å². The molecule has 0 spiro atoms. The van der Waals surface area contributed by atoms with Crippen LogP contribution in [0.15, 0.2) is 52.3 Å². The van der Waals surface area contributed by atoms with Crippen LogP contribution in [0, 0.1) is 0 Å². The van der Waals surface area contributed by atoms with Gasteiger partial charge in [-0.15, -0.1) is 11.3 Å². The van der Waals surface area contributed by atoms with Crippen molar-refractivity contribution in [2.24, 2.45) is 0 Å². The predicted molar refractivity (Wildman–Crippen MR) is 84.4 cm³/mol. The smallest absolute Gasteiger partial charge is 0.194 e. The van der Waals surface area contributed by atoms with Crippen molar-refractivity contribution in [3.05, 3.63) is 68.5 Å². The number of benzene rings is 2. The van der Waals surface area contributed by atoms with Crippen molar-refractivity contribution in [2.45, 2.75) is 0 Å². The molecule has 0 N–H and O–H groups in total. The van der Waals surface area contributed by atoms with Gasteiger partial charge in [-0.1, -0.05) is 23.7 Å². The topological polar surface area (TPSA) is 17.1 Å². The summed E-state index contributed by atoms with van der Waals surface area (Å²) in [5, 5.41) is 3.70. The van der Waals surface area contributed by atoms with Crippen LogP contribution in [0.25, 0.3) is 10.1 Å². The summed E-state index contributed by atoms with van der Waals surface area (Å²) in [5.41, 5.74) is 1.37. The van der Waals surface area contributed by atoms with Crippen molar-refractivity contribution in [1.82, 2.24) is 0 Å². The number of rotatable bonds is 2. The molecule has 0 bridgehead atoms. The zero-order valence-corrected chi connectivity index (χ0v) is 12.8. The van der Waals surface area contributed by atoms with Crippen molar-refractivity contribution in [3.8, 4) is 0 Å². The average molecular weight is 352 g/mol. The number of ketones is 1. The SMILES string of the molecule is O=C(c1ccc(Cl)c(Br)c1)c1cccc2ccsc12. The first-order chi connectivity index (χ1) is 9.16. The Labute approximate surface area is 128 Å². The number of hydrogen-bond donors (Lipinski definition) is 0. The van der Waals surface area contributed by atoms with Crippen LogP contribution in [0.1, 0.15) is 15.9 Å². The van der Waals surface area contributed by atoms with E-state index in [1.54, 1.807) is 29.5 Å². The van der Waals surface area contributed by atoms with Crippen molar-refractivity contribution in [1.29, 1.82) is 0 Å². The van der Waals surface area contributed by atoms with Crippen LogP contribution in [-0.2, 0) is 0 Å². The Bertz CT molecular complexity index is 779. The summed E-state index contributed by atoms with van der Waals surface area (Å²) >= 11 is 10.9. The molecular formula is C15H8BrClOS. The van der Waals surface area contributed by atoms with Gasteiger partial charge in [0.15, 0.2) is 5.78 Å². The summed E-state index contributed by atoms with van der Waals surface area (Å²) in [7, 11) is 0. The number of carbonyl (C=O) groups is 1. The molecule has 1 aromatic heterocycles. The number of halogens is 2. The third kappa shape index (κ3) is 2.34. The molecule has 0 fully saturated rings. The fraction of sp³-hybridized carbons (Fsp3) is 0. The van der Waals surface area contributed by atoms with E-state index in [-0.39, 0.29) is 5.78 Å². The number of carbonyl (C=O) groups excluding carboxylic acids is 1. The third-order valence-corrected chi connectivity index (χ3v) is 5.08. The maximum absolute atomic E-state index is 12.6. The molecular weight excluding hydrogens is 344 g/mol. The van der Waals surface area contributed by atoms with Gasteiger partial charge in [0.2, 0.25) is 0 Å². The van der Waals surface area contributed by atoms with Gasteiger partial charge in [0, 0.05) is 20.3 Å². The highest BCUT2D eigenvalue weighted by molar-refractivity contribution is 9.10. The molecule has 0 amide bonds. The second-order valence-corrected chi connectivity index (χ2v) is 6.28. The second kappa shape index (κ2) is 5.08. The molecule has 0 saturated carbocycles. The molecule has 0 saturated heterocycles. The summed E-state index contributed by atoms with van der Waals surface area (Å²) in [4.78, 5) is 12.6. The molecule has 0 radical (unpaired) electrons. The average Bonchev–Trinajstić information content (AvgIpc) is 2.89. The van der Waals surface area contributed by atoms with Gasteiger partial charge in [-0.2, -0.15) is 0 Å². The monoisotopic (exact) mass is 350 g/mol. The van der Waals surface area contributed by atoms with Crippen LogP contribution in [0.5, 0.6) is 0 Å². The van der Waals surface area contributed by atoms with E-state index in [0.717, 1.165) is 20.1 Å². The number of fused-ring (bicyclic) bond motifs is 1. The van der Waals surface area contributed by atoms with Crippen LogP contribution in [-0.4, -0.2) is 5.78 Å². The highest BCUT2D eigenvalue weighted by Gasteiger charge is 2.14. The quantitative estimate of drug-likeness (QED) is 0.553. The molecule has 1 heterocycles. The lowest BCUT2D eigenvalue weighted by Gasteiger charge is -2.04. The molecule has 19 heavy (non-hydrogen) atoms. The van der Waals surface area contributed by atoms with Crippen LogP contribution in [0.4, 0.5) is 0 Å². The van der Waals surface area contributed by atoms with E-state index < -0.39 is 0 Å². The molecule has 3 aromatic rings. The van der Waals surface area contributed by atoms with E-state index in [2.05, 4.69) is 15.9 Å². The van der Waals surface area contributed by atoms with Gasteiger partial charge in [0.05, 0.1) is 5.02 Å². The predicted octanol–water partition coefficient (Wildman–Crippen LogP) is 5.55. The lowest BCUT2D eigenvalue weighted by molar-refractivity contribution is 0.104. The molecule has 3 rings (SSSR count). The number of thiophene rings is 1. The summed E-state index contributed by atoms with van der Waals surface area (Å²) in [6.07, 6.45) is 0. The van der Waals surface area contributed by atoms with E-state index >= 15 is 0 Å². The van der Waals surface area contributed by atoms with Gasteiger partial charge >= 0.3 is 0 Å². The standard InChI is InChI=1S/C15H8BrClOS/c16-12-8-10(4-5-13(12)17)14(18)11-3-1-2-9-6-7-19-15(9)11/h1-8H. The lowest BCUT2D eigenvalue weighted by Crippen LogP contribution is -2.01. The van der Waals surface area contributed by atoms with Gasteiger partial charge in [-0.05, 0) is 57.0 Å². The first-order valence-electron chi connectivity index (χ1n) is 5.63. The normalized spacial score (nSPS) is 10.8. The fourth-order valence-electron chi connectivity index (χ4n) is 1.96. The first kappa shape index (κ1) is 12.9. The summed E-state index contributed by atoms with van der Waals surface area (Å²) in [6, 6.07) is 13.1. The molecule has 0 aliphatic rings. The zero-order chi connectivity index (χ0) is 13.4. The molecule has 4 heteroatoms. The van der Waals surface area contributed by atoms with Crippen LogP contribution in [0.2, 0.25) is 5.02 Å². The minimum Gasteiger partial charge on any atom is -0.289 e. The minimum absolute atomic E-state index is 0.0189. The second-order valence-electron chi connectivity index (χ2n) is 4.10. The van der Waals surface area contributed by atoms with E-state index in [9.17, 15) is 4.79 Å². The van der Waals surface area contributed by atoms with E-state index in [4.69, 9.17) is 11.6 Å². The Morgan fingerprint density at radius 2 is 2.00 bits per heavy atom. The minimum atomic E-state index is 0.0189. The molecule has 0 aliphatic carbocycles. The van der Waals surface area contributed by atoms with Crippen molar-refractivity contribution < 1.29 is 4.79 Å². The van der Waals surface area contributed by atoms with Crippen molar-refractivity contribution in [3.63, 3.8) is 0 Å². The molecule has 2 aromatic carbocycles.